The third kappa shape index (κ3) is 2.93. The second-order valence-corrected chi connectivity index (χ2v) is 6.14. The first-order valence-corrected chi connectivity index (χ1v) is 7.15. The van der Waals surface area contributed by atoms with Crippen LogP contribution in [0.1, 0.15) is 32.3 Å². The SMILES string of the molecule is CC1CCC(NCc2cc(Cl)cc(Cl)c2O)C1C. The number of hydrogen-bond donors (Lipinski definition) is 2. The van der Waals surface area contributed by atoms with Gasteiger partial charge < -0.3 is 10.4 Å². The molecule has 100 valence electrons. The van der Waals surface area contributed by atoms with Gasteiger partial charge in [0, 0.05) is 23.2 Å². The van der Waals surface area contributed by atoms with Gasteiger partial charge in [0.15, 0.2) is 0 Å². The fraction of sp³-hybridized carbons (Fsp3) is 0.571. The van der Waals surface area contributed by atoms with Crippen molar-refractivity contribution < 1.29 is 5.11 Å². The van der Waals surface area contributed by atoms with Crippen LogP contribution in [-0.2, 0) is 6.54 Å². The summed E-state index contributed by atoms with van der Waals surface area (Å²) in [6.45, 7) is 5.17. The molecule has 0 aromatic heterocycles. The van der Waals surface area contributed by atoms with Gasteiger partial charge in [-0.15, -0.1) is 0 Å². The molecule has 0 bridgehead atoms. The zero-order chi connectivity index (χ0) is 13.3. The molecule has 0 amide bonds. The van der Waals surface area contributed by atoms with Crippen molar-refractivity contribution in [1.29, 1.82) is 0 Å². The summed E-state index contributed by atoms with van der Waals surface area (Å²) in [5.74, 6) is 1.56. The monoisotopic (exact) mass is 287 g/mol. The van der Waals surface area contributed by atoms with Crippen LogP contribution in [0.5, 0.6) is 5.75 Å². The number of nitrogens with one attached hydrogen (secondary N) is 1. The second kappa shape index (κ2) is 5.68. The molecule has 4 heteroatoms. The Bertz CT molecular complexity index is 436. The third-order valence-corrected chi connectivity index (χ3v) is 4.63. The lowest BCUT2D eigenvalue weighted by Gasteiger charge is -2.20. The maximum absolute atomic E-state index is 9.88. The molecule has 0 spiro atoms. The smallest absolute Gasteiger partial charge is 0.138 e. The predicted molar refractivity (Wildman–Crippen MR) is 76.3 cm³/mol. The number of phenolic OH excluding ortho intramolecular Hbond substituents is 1. The Hall–Kier alpha value is -0.440. The van der Waals surface area contributed by atoms with Gasteiger partial charge in [0.25, 0.3) is 0 Å². The molecule has 2 rings (SSSR count). The molecule has 1 aliphatic rings. The Kier molecular flexibility index (Phi) is 4.41. The van der Waals surface area contributed by atoms with Crippen LogP contribution in [-0.4, -0.2) is 11.1 Å². The van der Waals surface area contributed by atoms with Crippen LogP contribution in [0.4, 0.5) is 0 Å². The quantitative estimate of drug-likeness (QED) is 0.872. The number of halogens is 2. The molecular weight excluding hydrogens is 269 g/mol. The van der Waals surface area contributed by atoms with Crippen LogP contribution in [0.25, 0.3) is 0 Å². The number of rotatable bonds is 3. The van der Waals surface area contributed by atoms with Gasteiger partial charge in [-0.1, -0.05) is 37.0 Å². The number of hydrogen-bond acceptors (Lipinski definition) is 2. The van der Waals surface area contributed by atoms with Gasteiger partial charge in [0.1, 0.15) is 5.75 Å². The van der Waals surface area contributed by atoms with E-state index in [0.717, 1.165) is 11.5 Å². The van der Waals surface area contributed by atoms with Gasteiger partial charge in [-0.25, -0.2) is 0 Å². The fourth-order valence-electron chi connectivity index (χ4n) is 2.65. The van der Waals surface area contributed by atoms with Crippen LogP contribution in [0.2, 0.25) is 10.0 Å². The van der Waals surface area contributed by atoms with Crippen molar-refractivity contribution in [3.8, 4) is 5.75 Å². The summed E-state index contributed by atoms with van der Waals surface area (Å²) in [7, 11) is 0. The summed E-state index contributed by atoms with van der Waals surface area (Å²) >= 11 is 11.9. The molecular formula is C14H19Cl2NO. The first kappa shape index (κ1) is 14.0. The van der Waals surface area contributed by atoms with Crippen LogP contribution >= 0.6 is 23.2 Å². The van der Waals surface area contributed by atoms with Crippen LogP contribution in [0, 0.1) is 11.8 Å². The van der Waals surface area contributed by atoms with Gasteiger partial charge in [-0.2, -0.15) is 0 Å². The van der Waals surface area contributed by atoms with Crippen molar-refractivity contribution >= 4 is 23.2 Å². The van der Waals surface area contributed by atoms with Gasteiger partial charge in [0.05, 0.1) is 5.02 Å². The summed E-state index contributed by atoms with van der Waals surface area (Å²) in [5.41, 5.74) is 0.763. The zero-order valence-corrected chi connectivity index (χ0v) is 12.2. The van der Waals surface area contributed by atoms with Gasteiger partial charge >= 0.3 is 0 Å². The highest BCUT2D eigenvalue weighted by molar-refractivity contribution is 6.35. The van der Waals surface area contributed by atoms with Gasteiger partial charge in [-0.05, 0) is 36.8 Å². The topological polar surface area (TPSA) is 32.3 Å². The first-order chi connectivity index (χ1) is 8.49. The third-order valence-electron chi connectivity index (χ3n) is 4.13. The molecule has 18 heavy (non-hydrogen) atoms. The van der Waals surface area contributed by atoms with E-state index in [1.54, 1.807) is 12.1 Å². The number of phenols is 1. The van der Waals surface area contributed by atoms with E-state index in [1.807, 2.05) is 0 Å². The Morgan fingerprint density at radius 1 is 1.28 bits per heavy atom. The predicted octanol–water partition coefficient (Wildman–Crippen LogP) is 4.22. The molecule has 1 aromatic carbocycles. The Balaban J connectivity index is 2.02. The molecule has 2 nitrogen and oxygen atoms in total. The molecule has 0 saturated heterocycles. The second-order valence-electron chi connectivity index (χ2n) is 5.30. The van der Waals surface area contributed by atoms with Crippen molar-refractivity contribution in [2.45, 2.75) is 39.3 Å². The van der Waals surface area contributed by atoms with Crippen LogP contribution in [0.15, 0.2) is 12.1 Å². The van der Waals surface area contributed by atoms with Crippen molar-refractivity contribution in [2.75, 3.05) is 0 Å². The van der Waals surface area contributed by atoms with E-state index >= 15 is 0 Å². The van der Waals surface area contributed by atoms with Crippen molar-refractivity contribution in [2.24, 2.45) is 11.8 Å². The summed E-state index contributed by atoms with van der Waals surface area (Å²) in [6.07, 6.45) is 2.46. The Labute approximate surface area is 118 Å². The molecule has 1 aromatic rings. The number of benzene rings is 1. The molecule has 1 aliphatic carbocycles. The average Bonchev–Trinajstić information content (AvgIpc) is 2.63. The Morgan fingerprint density at radius 3 is 2.61 bits per heavy atom. The van der Waals surface area contributed by atoms with E-state index in [4.69, 9.17) is 23.2 Å². The zero-order valence-electron chi connectivity index (χ0n) is 10.7. The minimum Gasteiger partial charge on any atom is -0.506 e. The fourth-order valence-corrected chi connectivity index (χ4v) is 3.18. The lowest BCUT2D eigenvalue weighted by atomic mass is 9.97. The maximum Gasteiger partial charge on any atom is 0.138 e. The van der Waals surface area contributed by atoms with E-state index in [0.29, 0.717) is 28.5 Å². The molecule has 1 saturated carbocycles. The highest BCUT2D eigenvalue weighted by Crippen LogP contribution is 2.33. The summed E-state index contributed by atoms with van der Waals surface area (Å²) in [4.78, 5) is 0. The lowest BCUT2D eigenvalue weighted by Crippen LogP contribution is -2.31. The lowest BCUT2D eigenvalue weighted by molar-refractivity contribution is 0.367. The molecule has 2 N–H and O–H groups in total. The van der Waals surface area contributed by atoms with E-state index in [-0.39, 0.29) is 5.75 Å². The van der Waals surface area contributed by atoms with E-state index < -0.39 is 0 Å². The molecule has 1 fully saturated rings. The summed E-state index contributed by atoms with van der Waals surface area (Å²) in [5, 5.41) is 14.2. The van der Waals surface area contributed by atoms with Gasteiger partial charge in [-0.3, -0.25) is 0 Å². The molecule has 0 aliphatic heterocycles. The summed E-state index contributed by atoms with van der Waals surface area (Å²) < 4.78 is 0. The molecule has 0 radical (unpaired) electrons. The van der Waals surface area contributed by atoms with Gasteiger partial charge in [0.2, 0.25) is 0 Å². The average molecular weight is 288 g/mol. The molecule has 3 unspecified atom stereocenters. The summed E-state index contributed by atoms with van der Waals surface area (Å²) in [6, 6.07) is 3.83. The number of aromatic hydroxyl groups is 1. The first-order valence-electron chi connectivity index (χ1n) is 6.39. The highest BCUT2D eigenvalue weighted by Gasteiger charge is 2.29. The normalized spacial score (nSPS) is 27.7. The van der Waals surface area contributed by atoms with Crippen LogP contribution in [0.3, 0.4) is 0 Å². The molecule has 3 atom stereocenters. The standard InChI is InChI=1S/C14H19Cl2NO/c1-8-3-4-13(9(8)2)17-7-10-5-11(15)6-12(16)14(10)18/h5-6,8-9,13,17-18H,3-4,7H2,1-2H3. The minimum atomic E-state index is 0.132. The largest absolute Gasteiger partial charge is 0.506 e. The highest BCUT2D eigenvalue weighted by atomic mass is 35.5. The Morgan fingerprint density at radius 2 is 2.00 bits per heavy atom. The maximum atomic E-state index is 9.88. The van der Waals surface area contributed by atoms with Crippen molar-refractivity contribution in [1.82, 2.24) is 5.32 Å². The minimum absolute atomic E-state index is 0.132. The van der Waals surface area contributed by atoms with E-state index in [9.17, 15) is 5.11 Å². The van der Waals surface area contributed by atoms with Crippen molar-refractivity contribution in [3.05, 3.63) is 27.7 Å². The molecule has 0 heterocycles. The van der Waals surface area contributed by atoms with Crippen molar-refractivity contribution in [3.63, 3.8) is 0 Å². The van der Waals surface area contributed by atoms with E-state index in [1.165, 1.54) is 12.8 Å². The van der Waals surface area contributed by atoms with E-state index in [2.05, 4.69) is 19.2 Å². The van der Waals surface area contributed by atoms with Crippen LogP contribution < -0.4 is 5.32 Å².